The van der Waals surface area contributed by atoms with Crippen molar-refractivity contribution >= 4 is 84.2 Å². The number of nitrogens with zero attached hydrogens (tertiary/aromatic N) is 10. The van der Waals surface area contributed by atoms with Crippen molar-refractivity contribution in [3.05, 3.63) is 244 Å². The highest BCUT2D eigenvalue weighted by Crippen LogP contribution is 2.43. The van der Waals surface area contributed by atoms with Gasteiger partial charge in [-0.3, -0.25) is 19.2 Å². The van der Waals surface area contributed by atoms with Gasteiger partial charge >= 0.3 is 0 Å². The molecule has 26 nitrogen and oxygen atoms in total. The molecule has 0 N–H and O–H groups in total. The Morgan fingerprint density at radius 1 is 0.300 bits per heavy atom. The standard InChI is InChI=1S/C27H33NO4S.C26H34N4O2S.C26H31NO4S.C21H32N4O2S.C19H28O4S/c1-27(2,3)33(31,32)18-21-13-10-19(11-14-21)9-12-20-15-16-23-24(17-20)26(30)28(25(23)29)22-7-5-4-6-8-22;1-26(2,3)33(31,32)19-22-13-11-20(12-14-22)9-10-21-15-17-23(18-16-21)25-27-28-29-30(25)24-7-5-4-6-8-24;1-18(2)32(30,31)17-21-12-9-19(10-13-21)8-11-20-14-15-23-24(16-20)26(29)27(25(23)28)22-6-4-3-5-7-22;1-21(2,3)28(26,27)15-18-9-7-16(8-10-18)5-6-17-11-13-19(14-12-17)20-22-23-24-25(20)4;1-14(2)24(20,21)12-17-7-4-15(5-8-17)3-6-16-9-10-18-19(11-16)23-13-22-18/h4-8,15-17,19,21H,9-14,18H2,1-3H3;4-8,15-18,20,22H,9-14,19H2,1-3H3;3-7,14-16,18-19,21H,8-13,17H2,1-2H3;11-14,16,18H,5-10,15H2,1-4H3;9-11,14-15,17H,3-8,12-13H2,1-2H3. The highest BCUT2D eigenvalue weighted by molar-refractivity contribution is 7.93. The van der Waals surface area contributed by atoms with Crippen molar-refractivity contribution in [1.29, 1.82) is 0 Å². The minimum absolute atomic E-state index is 0.249. The molecular weight excluding hydrogens is 1990 g/mol. The van der Waals surface area contributed by atoms with Crippen LogP contribution in [0.15, 0.2) is 194 Å². The average molecular weight is 2140 g/mol. The molecule has 2 aromatic heterocycles. The summed E-state index contributed by atoms with van der Waals surface area (Å²) in [6.45, 7) is 23.6. The topological polar surface area (TPSA) is 351 Å². The van der Waals surface area contributed by atoms with Crippen molar-refractivity contribution in [2.45, 2.75) is 307 Å². The Bertz CT molecular complexity index is 6800. The summed E-state index contributed by atoms with van der Waals surface area (Å²) >= 11 is 0. The van der Waals surface area contributed by atoms with Crippen LogP contribution in [0.1, 0.15) is 320 Å². The first-order valence-corrected chi connectivity index (χ1v) is 62.9. The minimum Gasteiger partial charge on any atom is -0.454 e. The number of hydrogen-bond donors (Lipinski definition) is 0. The summed E-state index contributed by atoms with van der Waals surface area (Å²) in [5.74, 6) is 8.64. The Labute approximate surface area is 892 Å². The lowest BCUT2D eigenvalue weighted by Gasteiger charge is -2.30. The number of fused-ring (bicyclic) bond motifs is 3. The molecule has 5 saturated carbocycles. The third-order valence-corrected chi connectivity index (χ3v) is 45.5. The second-order valence-electron chi connectivity index (χ2n) is 46.8. The number of ether oxygens (including phenoxy) is 2. The molecule has 0 unspecified atom stereocenters. The summed E-state index contributed by atoms with van der Waals surface area (Å²) in [6, 6.07) is 62.4. The van der Waals surface area contributed by atoms with Crippen LogP contribution in [0.25, 0.3) is 28.5 Å². The fraction of sp³-hybridized carbons (Fsp3) is 0.546. The summed E-state index contributed by atoms with van der Waals surface area (Å²) in [5.41, 5.74) is 12.1. The summed E-state index contributed by atoms with van der Waals surface area (Å²) in [5, 5.41) is 23.3. The molecule has 150 heavy (non-hydrogen) atoms. The maximum absolute atomic E-state index is 12.9. The number of carbonyl (C=O) groups is 4. The van der Waals surface area contributed by atoms with Crippen LogP contribution in [0, 0.1) is 59.2 Å². The number of anilines is 2. The van der Waals surface area contributed by atoms with Crippen molar-refractivity contribution in [1.82, 2.24) is 40.4 Å². The quantitative estimate of drug-likeness (QED) is 0.0353. The van der Waals surface area contributed by atoms with Crippen molar-refractivity contribution in [2.24, 2.45) is 66.2 Å². The van der Waals surface area contributed by atoms with Crippen molar-refractivity contribution in [3.8, 4) is 40.0 Å². The monoisotopic (exact) mass is 2140 g/mol. The first-order valence-electron chi connectivity index (χ1n) is 54.5. The number of amides is 4. The van der Waals surface area contributed by atoms with E-state index in [-0.39, 0.29) is 46.0 Å². The lowest BCUT2D eigenvalue weighted by molar-refractivity contribution is 0.0910. The lowest BCUT2D eigenvalue weighted by Crippen LogP contribution is -2.34. The third-order valence-electron chi connectivity index (χ3n) is 32.5. The van der Waals surface area contributed by atoms with Gasteiger partial charge in [-0.05, 0) is 399 Å². The minimum atomic E-state index is -3.07. The molecule has 3 aliphatic heterocycles. The van der Waals surface area contributed by atoms with Gasteiger partial charge in [-0.2, -0.15) is 4.68 Å². The molecule has 18 rings (SSSR count). The SMILES string of the molecule is CC(C)(C)S(=O)(=O)CC1CCC(CCc2ccc(-c3nnnn3-c3ccccc3)cc2)CC1.CC(C)(C)S(=O)(=O)CC1CCC(CCc2ccc3c(c2)C(=O)N(c2ccccc2)C3=O)CC1.CC(C)S(=O)(=O)CC1CCC(CCc2ccc3c(c2)C(=O)N(c2ccccc2)C3=O)CC1.CC(C)S(=O)(=O)CC1CCC(CCc2ccc3c(c2)OCO3)CC1.Cn1nnnc1-c1ccc(CCC2CCC(CS(=O)(=O)C(C)(C)C)CC2)cc1. The van der Waals surface area contributed by atoms with Crippen molar-refractivity contribution in [2.75, 3.05) is 45.4 Å². The van der Waals surface area contributed by atoms with Gasteiger partial charge in [-0.1, -0.05) is 186 Å². The predicted octanol–water partition coefficient (Wildman–Crippen LogP) is 23.6. The molecule has 8 aromatic carbocycles. The molecule has 4 amide bonds. The first-order chi connectivity index (χ1) is 71.1. The molecule has 0 spiro atoms. The van der Waals surface area contributed by atoms with Gasteiger partial charge in [0.15, 0.2) is 72.3 Å². The van der Waals surface area contributed by atoms with Gasteiger partial charge in [0.1, 0.15) is 0 Å². The van der Waals surface area contributed by atoms with Gasteiger partial charge < -0.3 is 9.47 Å². The van der Waals surface area contributed by atoms with Gasteiger partial charge in [0.25, 0.3) is 23.6 Å². The number of aryl methyl sites for hydroxylation is 6. The molecule has 8 aliphatic rings. The van der Waals surface area contributed by atoms with E-state index < -0.39 is 63.4 Å². The summed E-state index contributed by atoms with van der Waals surface area (Å²) < 4.78 is 136. The number of benzene rings is 8. The van der Waals surface area contributed by atoms with Crippen LogP contribution < -0.4 is 19.3 Å². The van der Waals surface area contributed by atoms with Gasteiger partial charge in [0.2, 0.25) is 6.79 Å². The van der Waals surface area contributed by atoms with E-state index in [1.807, 2.05) is 104 Å². The number of carbonyl (C=O) groups excluding carboxylic acids is 4. The highest BCUT2D eigenvalue weighted by Gasteiger charge is 2.42. The Kier molecular flexibility index (Phi) is 38.8. The van der Waals surface area contributed by atoms with E-state index in [1.165, 1.54) is 39.3 Å². The van der Waals surface area contributed by atoms with E-state index in [4.69, 9.17) is 9.47 Å². The summed E-state index contributed by atoms with van der Waals surface area (Å²) in [6.07, 6.45) is 31.6. The number of hydrogen-bond acceptors (Lipinski definition) is 22. The second-order valence-corrected chi connectivity index (χ2v) is 60.4. The van der Waals surface area contributed by atoms with Crippen LogP contribution in [0.3, 0.4) is 0 Å². The summed E-state index contributed by atoms with van der Waals surface area (Å²) in [4.78, 5) is 53.9. The van der Waals surface area contributed by atoms with E-state index >= 15 is 0 Å². The van der Waals surface area contributed by atoms with E-state index in [9.17, 15) is 61.3 Å². The number of tetrazole rings is 2. The number of rotatable bonds is 32. The van der Waals surface area contributed by atoms with Crippen LogP contribution in [0.5, 0.6) is 11.5 Å². The molecule has 5 fully saturated rings. The highest BCUT2D eigenvalue weighted by atomic mass is 32.2. The Morgan fingerprint density at radius 3 is 0.900 bits per heavy atom. The maximum atomic E-state index is 12.9. The van der Waals surface area contributed by atoms with Gasteiger partial charge in [0.05, 0.1) is 92.8 Å². The molecule has 0 saturated heterocycles. The van der Waals surface area contributed by atoms with E-state index in [0.717, 1.165) is 231 Å². The van der Waals surface area contributed by atoms with Crippen LogP contribution >= 0.6 is 0 Å². The predicted molar refractivity (Wildman–Crippen MR) is 597 cm³/mol. The number of aromatic nitrogens is 8. The zero-order chi connectivity index (χ0) is 108. The van der Waals surface area contributed by atoms with Gasteiger partial charge in [0, 0.05) is 18.2 Å². The summed E-state index contributed by atoms with van der Waals surface area (Å²) in [7, 11) is -13.2. The molecular formula is C119H158N10O16S5. The maximum Gasteiger partial charge on any atom is 0.266 e. The molecule has 10 aromatic rings. The fourth-order valence-electron chi connectivity index (χ4n) is 21.8. The van der Waals surface area contributed by atoms with Crippen molar-refractivity contribution in [3.63, 3.8) is 0 Å². The normalized spacial score (nSPS) is 21.2. The van der Waals surface area contributed by atoms with E-state index in [2.05, 4.69) is 91.7 Å². The molecule has 5 aliphatic carbocycles. The number of sulfone groups is 5. The van der Waals surface area contributed by atoms with E-state index in [1.54, 1.807) is 136 Å². The first kappa shape index (κ1) is 115. The Hall–Kier alpha value is -10.5. The number of imide groups is 2. The zero-order valence-electron chi connectivity index (χ0n) is 90.4. The van der Waals surface area contributed by atoms with Gasteiger partial charge in [-0.25, -0.2) is 56.6 Å². The third kappa shape index (κ3) is 30.6. The van der Waals surface area contributed by atoms with Crippen LogP contribution in [-0.4, -0.2) is 166 Å². The average Bonchev–Trinajstić information content (AvgIpc) is 1.61. The second kappa shape index (κ2) is 50.6. The molecule has 810 valence electrons. The smallest absolute Gasteiger partial charge is 0.266 e. The van der Waals surface area contributed by atoms with E-state index in [0.29, 0.717) is 117 Å². The van der Waals surface area contributed by atoms with Crippen LogP contribution in [-0.2, 0) is 88.3 Å². The number of para-hydroxylation sites is 3. The lowest BCUT2D eigenvalue weighted by atomic mass is 9.80. The molecule has 0 atom stereocenters. The Morgan fingerprint density at radius 2 is 0.573 bits per heavy atom. The molecule has 31 heteroatoms. The largest absolute Gasteiger partial charge is 0.454 e. The zero-order valence-corrected chi connectivity index (χ0v) is 94.5. The fourth-order valence-corrected chi connectivity index (χ4v) is 29.0. The van der Waals surface area contributed by atoms with Gasteiger partial charge in [-0.15, -0.1) is 10.2 Å². The van der Waals surface area contributed by atoms with Crippen LogP contribution in [0.4, 0.5) is 11.4 Å². The van der Waals surface area contributed by atoms with Crippen LogP contribution in [0.2, 0.25) is 0 Å². The Balaban J connectivity index is 0.000000148. The molecule has 0 radical (unpaired) electrons. The molecule has 0 bridgehead atoms. The van der Waals surface area contributed by atoms with Crippen molar-refractivity contribution < 1.29 is 70.7 Å². The molecule has 5 heterocycles.